The number of hydrogen-bond acceptors (Lipinski definition) is 4. The van der Waals surface area contributed by atoms with Crippen molar-refractivity contribution in [2.75, 3.05) is 39.8 Å². The fourth-order valence-corrected chi connectivity index (χ4v) is 4.21. The summed E-state index contributed by atoms with van der Waals surface area (Å²) < 4.78 is 18.9. The van der Waals surface area contributed by atoms with Gasteiger partial charge in [-0.1, -0.05) is 11.6 Å². The Bertz CT molecular complexity index is 714. The van der Waals surface area contributed by atoms with Crippen LogP contribution >= 0.6 is 0 Å². The predicted molar refractivity (Wildman–Crippen MR) is 113 cm³/mol. The maximum Gasteiger partial charge on any atom is 0.237 e. The van der Waals surface area contributed by atoms with Crippen LogP contribution in [0, 0.1) is 5.82 Å². The van der Waals surface area contributed by atoms with Gasteiger partial charge in [0, 0.05) is 44.8 Å². The minimum Gasteiger partial charge on any atom is -0.496 e. The van der Waals surface area contributed by atoms with Crippen molar-refractivity contribution < 1.29 is 13.9 Å². The number of methoxy groups -OCH3 is 1. The molecule has 0 radical (unpaired) electrons. The van der Waals surface area contributed by atoms with Crippen molar-refractivity contribution in [1.29, 1.82) is 0 Å². The zero-order valence-corrected chi connectivity index (χ0v) is 17.8. The monoisotopic (exact) mass is 403 g/mol. The Morgan fingerprint density at radius 1 is 1.24 bits per heavy atom. The number of allylic oxidation sites excluding steroid dienone is 1. The summed E-state index contributed by atoms with van der Waals surface area (Å²) in [5, 5.41) is 3.11. The van der Waals surface area contributed by atoms with Crippen LogP contribution in [0.1, 0.15) is 44.6 Å². The van der Waals surface area contributed by atoms with Crippen LogP contribution in [-0.4, -0.2) is 61.6 Å². The molecule has 1 fully saturated rings. The Morgan fingerprint density at radius 2 is 2.03 bits per heavy atom. The topological polar surface area (TPSA) is 44.8 Å². The van der Waals surface area contributed by atoms with E-state index in [1.54, 1.807) is 19.2 Å². The van der Waals surface area contributed by atoms with E-state index in [2.05, 4.69) is 21.2 Å². The van der Waals surface area contributed by atoms with Crippen LogP contribution in [0.15, 0.2) is 29.8 Å². The molecule has 5 nitrogen and oxygen atoms in total. The molecule has 0 aromatic heterocycles. The maximum absolute atomic E-state index is 13.6. The third-order valence-corrected chi connectivity index (χ3v) is 6.10. The Kier molecular flexibility index (Phi) is 8.07. The maximum atomic E-state index is 13.6. The number of nitrogens with one attached hydrogen (secondary N) is 1. The van der Waals surface area contributed by atoms with Gasteiger partial charge >= 0.3 is 0 Å². The van der Waals surface area contributed by atoms with Crippen molar-refractivity contribution in [2.24, 2.45) is 0 Å². The SMILES string of the molecule is COc1ccc(F)cc1CN1CCN([C@H](C)C(=O)NCCC2=CCCCC2)CC1. The van der Waals surface area contributed by atoms with Crippen molar-refractivity contribution in [3.05, 3.63) is 41.2 Å². The van der Waals surface area contributed by atoms with Crippen LogP contribution in [0.5, 0.6) is 5.75 Å². The average molecular weight is 404 g/mol. The molecule has 1 aliphatic carbocycles. The molecule has 1 aromatic carbocycles. The molecule has 160 valence electrons. The average Bonchev–Trinajstić information content (AvgIpc) is 2.74. The summed E-state index contributed by atoms with van der Waals surface area (Å²) in [6.07, 6.45) is 8.26. The molecule has 29 heavy (non-hydrogen) atoms. The molecular formula is C23H34FN3O2. The smallest absolute Gasteiger partial charge is 0.237 e. The molecule has 1 atom stereocenters. The molecule has 1 heterocycles. The van der Waals surface area contributed by atoms with E-state index < -0.39 is 0 Å². The van der Waals surface area contributed by atoms with E-state index in [4.69, 9.17) is 4.74 Å². The summed E-state index contributed by atoms with van der Waals surface area (Å²) in [6.45, 7) is 6.74. The largest absolute Gasteiger partial charge is 0.496 e. The molecule has 3 rings (SSSR count). The van der Waals surface area contributed by atoms with Gasteiger partial charge in [-0.15, -0.1) is 0 Å². The van der Waals surface area contributed by atoms with Gasteiger partial charge in [-0.25, -0.2) is 4.39 Å². The van der Waals surface area contributed by atoms with Crippen molar-refractivity contribution in [3.63, 3.8) is 0 Å². The van der Waals surface area contributed by atoms with Crippen LogP contribution in [0.25, 0.3) is 0 Å². The number of amides is 1. The second-order valence-corrected chi connectivity index (χ2v) is 8.09. The van der Waals surface area contributed by atoms with Gasteiger partial charge in [-0.05, 0) is 57.2 Å². The zero-order chi connectivity index (χ0) is 20.6. The number of carbonyl (C=O) groups is 1. The molecule has 0 bridgehead atoms. The molecule has 1 aliphatic heterocycles. The minimum atomic E-state index is -0.242. The summed E-state index contributed by atoms with van der Waals surface area (Å²) in [5.41, 5.74) is 2.36. The fourth-order valence-electron chi connectivity index (χ4n) is 4.21. The first kappa shape index (κ1) is 21.8. The summed E-state index contributed by atoms with van der Waals surface area (Å²) in [4.78, 5) is 17.0. The number of rotatable bonds is 8. The highest BCUT2D eigenvalue weighted by Gasteiger charge is 2.25. The lowest BCUT2D eigenvalue weighted by molar-refractivity contribution is -0.126. The quantitative estimate of drug-likeness (QED) is 0.676. The van der Waals surface area contributed by atoms with E-state index >= 15 is 0 Å². The van der Waals surface area contributed by atoms with Crippen molar-refractivity contribution >= 4 is 5.91 Å². The van der Waals surface area contributed by atoms with Gasteiger partial charge < -0.3 is 10.1 Å². The Balaban J connectivity index is 1.42. The summed E-state index contributed by atoms with van der Waals surface area (Å²) in [5.74, 6) is 0.588. The van der Waals surface area contributed by atoms with Crippen LogP contribution in [-0.2, 0) is 11.3 Å². The molecule has 6 heteroatoms. The first-order valence-corrected chi connectivity index (χ1v) is 10.8. The lowest BCUT2D eigenvalue weighted by atomic mass is 9.97. The van der Waals surface area contributed by atoms with Gasteiger partial charge in [0.15, 0.2) is 0 Å². The zero-order valence-electron chi connectivity index (χ0n) is 17.8. The van der Waals surface area contributed by atoms with Crippen LogP contribution in [0.3, 0.4) is 0 Å². The molecule has 0 unspecified atom stereocenters. The summed E-state index contributed by atoms with van der Waals surface area (Å²) in [7, 11) is 1.61. The standard InChI is InChI=1S/C23H34FN3O2/c1-18(23(28)25-11-10-19-6-4-3-5-7-19)27-14-12-26(13-15-27)17-20-16-21(24)8-9-22(20)29-2/h6,8-9,16,18H,3-5,7,10-15,17H2,1-2H3,(H,25,28)/t18-/m1/s1. The highest BCUT2D eigenvalue weighted by atomic mass is 19.1. The van der Waals surface area contributed by atoms with Gasteiger partial charge in [0.25, 0.3) is 0 Å². The number of piperazine rings is 1. The van der Waals surface area contributed by atoms with Crippen LogP contribution < -0.4 is 10.1 Å². The van der Waals surface area contributed by atoms with Gasteiger partial charge in [0.05, 0.1) is 13.2 Å². The molecule has 0 saturated carbocycles. The molecule has 1 saturated heterocycles. The molecular weight excluding hydrogens is 369 g/mol. The van der Waals surface area contributed by atoms with E-state index in [0.717, 1.165) is 50.5 Å². The summed E-state index contributed by atoms with van der Waals surface area (Å²) >= 11 is 0. The number of nitrogens with zero attached hydrogens (tertiary/aromatic N) is 2. The van der Waals surface area contributed by atoms with E-state index in [9.17, 15) is 9.18 Å². The lowest BCUT2D eigenvalue weighted by Gasteiger charge is -2.37. The van der Waals surface area contributed by atoms with E-state index in [1.165, 1.54) is 37.3 Å². The lowest BCUT2D eigenvalue weighted by Crippen LogP contribution is -2.53. The second kappa shape index (κ2) is 10.7. The number of carbonyl (C=O) groups excluding carboxylic acids is 1. The fraction of sp³-hybridized carbons (Fsp3) is 0.609. The van der Waals surface area contributed by atoms with Crippen LogP contribution in [0.2, 0.25) is 0 Å². The second-order valence-electron chi connectivity index (χ2n) is 8.09. The Labute approximate surface area is 173 Å². The first-order chi connectivity index (χ1) is 14.1. The van der Waals surface area contributed by atoms with Gasteiger partial charge in [0.1, 0.15) is 11.6 Å². The predicted octanol–water partition coefficient (Wildman–Crippen LogP) is 3.35. The number of ether oxygens (including phenoxy) is 1. The van der Waals surface area contributed by atoms with E-state index in [1.807, 2.05) is 6.92 Å². The minimum absolute atomic E-state index is 0.113. The van der Waals surface area contributed by atoms with Gasteiger partial charge in [-0.3, -0.25) is 14.6 Å². The highest BCUT2D eigenvalue weighted by Crippen LogP contribution is 2.22. The van der Waals surface area contributed by atoms with E-state index in [-0.39, 0.29) is 17.8 Å². The molecule has 1 aromatic rings. The molecule has 2 aliphatic rings. The molecule has 0 spiro atoms. The van der Waals surface area contributed by atoms with Gasteiger partial charge in [0.2, 0.25) is 5.91 Å². The summed E-state index contributed by atoms with van der Waals surface area (Å²) in [6, 6.07) is 4.52. The van der Waals surface area contributed by atoms with Crippen LogP contribution in [0.4, 0.5) is 4.39 Å². The third-order valence-electron chi connectivity index (χ3n) is 6.10. The number of halogens is 1. The normalized spacial score (nSPS) is 19.5. The first-order valence-electron chi connectivity index (χ1n) is 10.8. The number of benzene rings is 1. The van der Waals surface area contributed by atoms with Crippen molar-refractivity contribution in [1.82, 2.24) is 15.1 Å². The van der Waals surface area contributed by atoms with E-state index in [0.29, 0.717) is 6.54 Å². The third kappa shape index (κ3) is 6.28. The molecule has 1 amide bonds. The Morgan fingerprint density at radius 3 is 2.72 bits per heavy atom. The van der Waals surface area contributed by atoms with Crippen molar-refractivity contribution in [3.8, 4) is 5.75 Å². The van der Waals surface area contributed by atoms with Crippen molar-refractivity contribution in [2.45, 2.75) is 51.6 Å². The van der Waals surface area contributed by atoms with Gasteiger partial charge in [-0.2, -0.15) is 0 Å². The Hall–Kier alpha value is -1.92. The number of hydrogen-bond donors (Lipinski definition) is 1. The highest BCUT2D eigenvalue weighted by molar-refractivity contribution is 5.81. The molecule has 1 N–H and O–H groups in total.